The van der Waals surface area contributed by atoms with Gasteiger partial charge in [-0.05, 0) is 19.3 Å². The fourth-order valence-electron chi connectivity index (χ4n) is 1.54. The van der Waals surface area contributed by atoms with Crippen LogP contribution in [0.3, 0.4) is 0 Å². The molecule has 3 heteroatoms. The van der Waals surface area contributed by atoms with Gasteiger partial charge in [0.2, 0.25) is 0 Å². The van der Waals surface area contributed by atoms with Crippen molar-refractivity contribution in [2.24, 2.45) is 5.41 Å². The van der Waals surface area contributed by atoms with E-state index < -0.39 is 5.41 Å². The van der Waals surface area contributed by atoms with Crippen LogP contribution < -0.4 is 0 Å². The Morgan fingerprint density at radius 3 is 2.92 bits per heavy atom. The molecule has 3 nitrogen and oxygen atoms in total. The van der Waals surface area contributed by atoms with Gasteiger partial charge in [0, 0.05) is 6.61 Å². The summed E-state index contributed by atoms with van der Waals surface area (Å²) in [6.45, 7) is 3.04. The Balaban J connectivity index is 2.49. The normalized spacial score (nSPS) is 31.8. The molecule has 0 radical (unpaired) electrons. The Labute approximate surface area is 72.7 Å². The van der Waals surface area contributed by atoms with E-state index in [1.54, 1.807) is 0 Å². The second kappa shape index (κ2) is 4.01. The minimum Gasteiger partial charge on any atom is -0.393 e. The molecule has 0 aromatic rings. The first-order valence-corrected chi connectivity index (χ1v) is 4.44. The zero-order valence-corrected chi connectivity index (χ0v) is 7.45. The molecule has 0 spiro atoms. The molecule has 1 aliphatic rings. The number of hydrogen-bond donors (Lipinski definition) is 1. The minimum atomic E-state index is -0.393. The van der Waals surface area contributed by atoms with Crippen LogP contribution in [0.2, 0.25) is 0 Å². The van der Waals surface area contributed by atoms with Crippen molar-refractivity contribution in [3.05, 3.63) is 0 Å². The molecular formula is C9H16O3. The van der Waals surface area contributed by atoms with Gasteiger partial charge in [-0.3, -0.25) is 0 Å². The zero-order chi connectivity index (χ0) is 9.03. The van der Waals surface area contributed by atoms with E-state index in [1.165, 1.54) is 0 Å². The van der Waals surface area contributed by atoms with Gasteiger partial charge in [-0.2, -0.15) is 0 Å². The second-order valence-corrected chi connectivity index (χ2v) is 3.55. The fourth-order valence-corrected chi connectivity index (χ4v) is 1.54. The lowest BCUT2D eigenvalue weighted by atomic mass is 9.83. The summed E-state index contributed by atoms with van der Waals surface area (Å²) in [7, 11) is 0. The van der Waals surface area contributed by atoms with Crippen LogP contribution in [0, 0.1) is 5.41 Å². The van der Waals surface area contributed by atoms with Gasteiger partial charge >= 0.3 is 0 Å². The smallest absolute Gasteiger partial charge is 0.128 e. The average Bonchev–Trinajstić information content (AvgIpc) is 2.54. The average molecular weight is 172 g/mol. The second-order valence-electron chi connectivity index (χ2n) is 3.55. The molecule has 0 bridgehead atoms. The molecule has 12 heavy (non-hydrogen) atoms. The summed E-state index contributed by atoms with van der Waals surface area (Å²) in [5.74, 6) is 0. The third-order valence-electron chi connectivity index (χ3n) is 2.50. The van der Waals surface area contributed by atoms with Crippen LogP contribution in [0.5, 0.6) is 0 Å². The van der Waals surface area contributed by atoms with Gasteiger partial charge in [0.1, 0.15) is 6.29 Å². The zero-order valence-electron chi connectivity index (χ0n) is 7.45. The monoisotopic (exact) mass is 172 g/mol. The molecule has 1 heterocycles. The molecule has 1 N–H and O–H groups in total. The molecule has 1 saturated heterocycles. The van der Waals surface area contributed by atoms with Crippen LogP contribution in [-0.4, -0.2) is 30.7 Å². The van der Waals surface area contributed by atoms with E-state index in [1.807, 2.05) is 6.92 Å². The molecule has 0 aromatic heterocycles. The number of hydrogen-bond acceptors (Lipinski definition) is 3. The third-order valence-corrected chi connectivity index (χ3v) is 2.50. The summed E-state index contributed by atoms with van der Waals surface area (Å²) in [5.41, 5.74) is -0.393. The first-order chi connectivity index (χ1) is 5.72. The van der Waals surface area contributed by atoms with Crippen molar-refractivity contribution in [2.75, 3.05) is 13.2 Å². The number of aliphatic hydroxyl groups is 1. The molecule has 0 saturated carbocycles. The quantitative estimate of drug-likeness (QED) is 0.636. The van der Waals surface area contributed by atoms with Crippen molar-refractivity contribution in [3.63, 3.8) is 0 Å². The Bertz CT molecular complexity index is 150. The van der Waals surface area contributed by atoms with Gasteiger partial charge in [-0.1, -0.05) is 6.92 Å². The summed E-state index contributed by atoms with van der Waals surface area (Å²) >= 11 is 0. The third kappa shape index (κ3) is 2.05. The fraction of sp³-hybridized carbons (Fsp3) is 0.889. The topological polar surface area (TPSA) is 46.5 Å². The highest BCUT2D eigenvalue weighted by Crippen LogP contribution is 2.31. The van der Waals surface area contributed by atoms with Crippen LogP contribution in [0.4, 0.5) is 0 Å². The Kier molecular flexibility index (Phi) is 3.23. The number of carbonyl (C=O) groups excluding carboxylic acids is 1. The van der Waals surface area contributed by atoms with Crippen LogP contribution in [0.25, 0.3) is 0 Å². The van der Waals surface area contributed by atoms with E-state index >= 15 is 0 Å². The standard InChI is InChI=1S/C9H16O3/c1-2-8(11)5-9(6-10)3-4-12-7-9/h6,8,11H,2-5,7H2,1H3. The van der Waals surface area contributed by atoms with Gasteiger partial charge < -0.3 is 14.6 Å². The van der Waals surface area contributed by atoms with Gasteiger partial charge in [0.25, 0.3) is 0 Å². The number of rotatable bonds is 4. The highest BCUT2D eigenvalue weighted by atomic mass is 16.5. The van der Waals surface area contributed by atoms with Crippen LogP contribution in [0.15, 0.2) is 0 Å². The maximum absolute atomic E-state index is 10.8. The molecular weight excluding hydrogens is 156 g/mol. The van der Waals surface area contributed by atoms with E-state index in [2.05, 4.69) is 0 Å². The van der Waals surface area contributed by atoms with Gasteiger partial charge in [-0.15, -0.1) is 0 Å². The lowest BCUT2D eigenvalue weighted by Crippen LogP contribution is -2.28. The van der Waals surface area contributed by atoms with Crippen LogP contribution in [-0.2, 0) is 9.53 Å². The predicted octanol–water partition coefficient (Wildman–Crippen LogP) is 0.753. The number of carbonyl (C=O) groups is 1. The highest BCUT2D eigenvalue weighted by molar-refractivity contribution is 5.60. The maximum Gasteiger partial charge on any atom is 0.128 e. The Morgan fingerprint density at radius 1 is 1.75 bits per heavy atom. The van der Waals surface area contributed by atoms with Crippen molar-refractivity contribution in [2.45, 2.75) is 32.3 Å². The Hall–Kier alpha value is -0.410. The van der Waals surface area contributed by atoms with Crippen molar-refractivity contribution < 1.29 is 14.6 Å². The SMILES string of the molecule is CCC(O)CC1(C=O)CCOC1. The van der Waals surface area contributed by atoms with Crippen LogP contribution >= 0.6 is 0 Å². The van der Waals surface area contributed by atoms with Gasteiger partial charge in [0.05, 0.1) is 18.1 Å². The molecule has 1 rings (SSSR count). The summed E-state index contributed by atoms with van der Waals surface area (Å²) in [5, 5.41) is 9.40. The molecule has 0 amide bonds. The molecule has 0 aromatic carbocycles. The lowest BCUT2D eigenvalue weighted by Gasteiger charge is -2.22. The van der Waals surface area contributed by atoms with E-state index in [0.29, 0.717) is 26.1 Å². The van der Waals surface area contributed by atoms with E-state index in [0.717, 1.165) is 12.7 Å². The molecule has 0 aliphatic carbocycles. The van der Waals surface area contributed by atoms with Crippen molar-refractivity contribution in [3.8, 4) is 0 Å². The maximum atomic E-state index is 10.8. The Morgan fingerprint density at radius 2 is 2.50 bits per heavy atom. The molecule has 2 unspecified atom stereocenters. The highest BCUT2D eigenvalue weighted by Gasteiger charge is 2.36. The first-order valence-electron chi connectivity index (χ1n) is 4.44. The predicted molar refractivity (Wildman–Crippen MR) is 44.8 cm³/mol. The number of ether oxygens (including phenoxy) is 1. The van der Waals surface area contributed by atoms with E-state index in [-0.39, 0.29) is 6.10 Å². The summed E-state index contributed by atoms with van der Waals surface area (Å²) in [4.78, 5) is 10.8. The molecule has 1 aliphatic heterocycles. The first kappa shape index (κ1) is 9.68. The summed E-state index contributed by atoms with van der Waals surface area (Å²) in [6.07, 6.45) is 2.59. The summed E-state index contributed by atoms with van der Waals surface area (Å²) in [6, 6.07) is 0. The van der Waals surface area contributed by atoms with E-state index in [9.17, 15) is 9.90 Å². The number of aldehydes is 1. The van der Waals surface area contributed by atoms with Gasteiger partial charge in [0.15, 0.2) is 0 Å². The van der Waals surface area contributed by atoms with Crippen LogP contribution in [0.1, 0.15) is 26.2 Å². The minimum absolute atomic E-state index is 0.364. The molecule has 1 fully saturated rings. The number of aliphatic hydroxyl groups excluding tert-OH is 1. The van der Waals surface area contributed by atoms with Gasteiger partial charge in [-0.25, -0.2) is 0 Å². The lowest BCUT2D eigenvalue weighted by molar-refractivity contribution is -0.118. The van der Waals surface area contributed by atoms with Crippen molar-refractivity contribution in [1.29, 1.82) is 0 Å². The van der Waals surface area contributed by atoms with Crippen molar-refractivity contribution >= 4 is 6.29 Å². The van der Waals surface area contributed by atoms with E-state index in [4.69, 9.17) is 4.74 Å². The molecule has 2 atom stereocenters. The summed E-state index contributed by atoms with van der Waals surface area (Å²) < 4.78 is 5.15. The largest absolute Gasteiger partial charge is 0.393 e. The van der Waals surface area contributed by atoms with Crippen molar-refractivity contribution in [1.82, 2.24) is 0 Å². The molecule has 70 valence electrons.